The number of carbonyl (C=O) groups excluding carboxylic acids is 2. The van der Waals surface area contributed by atoms with Gasteiger partial charge in [0.25, 0.3) is 11.1 Å². The average molecular weight is 1400 g/mol. The van der Waals surface area contributed by atoms with Gasteiger partial charge in [-0.05, 0) is 170 Å². The van der Waals surface area contributed by atoms with Crippen LogP contribution in [0.1, 0.15) is 154 Å². The highest BCUT2D eigenvalue weighted by molar-refractivity contribution is 7.98. The van der Waals surface area contributed by atoms with E-state index < -0.39 is 332 Å². The minimum absolute atomic E-state index is 0.114. The number of fused-ring (bicyclic) bond motifs is 2. The molecule has 0 fully saturated rings. The minimum Gasteiger partial charge on any atom is -0.336 e. The highest BCUT2D eigenvalue weighted by Crippen LogP contribution is 2.37. The molecule has 508 valence electrons. The molecule has 0 saturated heterocycles. The molecule has 96 heavy (non-hydrogen) atoms. The fourth-order valence-electron chi connectivity index (χ4n) is 9.50. The number of nitrogens with zero attached hydrogens (tertiary/aromatic N) is 8. The zero-order valence-electron chi connectivity index (χ0n) is 86.0. The molecule has 6 aromatic carbocycles. The van der Waals surface area contributed by atoms with Crippen LogP contribution in [-0.4, -0.2) is 103 Å². The Morgan fingerprint density at radius 1 is 0.531 bits per heavy atom. The van der Waals surface area contributed by atoms with Gasteiger partial charge in [-0.2, -0.15) is 36.3 Å². The molecule has 0 aliphatic heterocycles. The van der Waals surface area contributed by atoms with Crippen LogP contribution in [0.5, 0.6) is 0 Å². The molecule has 0 N–H and O–H groups in total. The second kappa shape index (κ2) is 32.9. The normalized spacial score (nSPS) is 19.9. The van der Waals surface area contributed by atoms with Gasteiger partial charge in [-0.25, -0.2) is 8.78 Å². The number of hydrogen-bond acceptors (Lipinski definition) is 10. The summed E-state index contributed by atoms with van der Waals surface area (Å²) in [5, 5.41) is -1.74. The Morgan fingerprint density at radius 2 is 0.948 bits per heavy atom. The number of amides is 2. The molecule has 8 aromatic rings. The predicted molar refractivity (Wildman–Crippen MR) is 363 cm³/mol. The maximum Gasteiger partial charge on any atom is 0.416 e. The van der Waals surface area contributed by atoms with Gasteiger partial charge < -0.3 is 28.7 Å². The zero-order chi connectivity index (χ0) is 98.8. The van der Waals surface area contributed by atoms with E-state index in [0.29, 0.717) is 49.3 Å². The number of alkyl halides is 6. The first kappa shape index (κ1) is 39.5. The van der Waals surface area contributed by atoms with E-state index in [4.69, 9.17) is 41.1 Å². The van der Waals surface area contributed by atoms with Crippen molar-refractivity contribution in [2.24, 2.45) is 0 Å². The summed E-state index contributed by atoms with van der Waals surface area (Å²) in [6.45, 7) is 0.564. The Morgan fingerprint density at radius 3 is 1.41 bits per heavy atom. The average Bonchev–Trinajstić information content (AvgIpc) is 1.51. The first-order valence-corrected chi connectivity index (χ1v) is 31.2. The smallest absolute Gasteiger partial charge is 0.336 e. The molecule has 0 atom stereocenters. The third-order valence-electron chi connectivity index (χ3n) is 14.6. The lowest BCUT2D eigenvalue weighted by Crippen LogP contribution is -2.40. The van der Waals surface area contributed by atoms with Crippen LogP contribution in [0, 0.1) is 25.5 Å². The largest absolute Gasteiger partial charge is 0.416 e. The van der Waals surface area contributed by atoms with Crippen molar-refractivity contribution < 1.29 is 91.3 Å². The van der Waals surface area contributed by atoms with Crippen LogP contribution >= 0.6 is 23.5 Å². The zero-order valence-corrected chi connectivity index (χ0v) is 53.6. The van der Waals surface area contributed by atoms with E-state index in [1.807, 2.05) is 18.7 Å². The second-order valence-corrected chi connectivity index (χ2v) is 22.6. The van der Waals surface area contributed by atoms with Crippen molar-refractivity contribution in [2.45, 2.75) is 140 Å². The van der Waals surface area contributed by atoms with Gasteiger partial charge in [-0.15, -0.1) is 0 Å². The van der Waals surface area contributed by atoms with Gasteiger partial charge in [-0.1, -0.05) is 148 Å². The molecule has 0 saturated carbocycles. The lowest BCUT2D eigenvalue weighted by atomic mass is 9.98. The maximum absolute atomic E-state index is 15.0. The summed E-state index contributed by atoms with van der Waals surface area (Å²) in [5.74, 6) is -6.63. The first-order valence-electron chi connectivity index (χ1n) is 46.4. The molecule has 2 amide bonds. The van der Waals surface area contributed by atoms with Crippen LogP contribution in [0.3, 0.4) is 0 Å². The highest BCUT2D eigenvalue weighted by Gasteiger charge is 2.34. The van der Waals surface area contributed by atoms with Crippen LogP contribution in [0.25, 0.3) is 22.3 Å². The van der Waals surface area contributed by atoms with E-state index in [-0.39, 0.29) is 59.0 Å². The summed E-state index contributed by atoms with van der Waals surface area (Å²) in [4.78, 5) is 69.4. The molecule has 2 aliphatic carbocycles. The number of aromatic nitrogens is 4. The minimum atomic E-state index is -5.20. The molecule has 22 heteroatoms. The number of halogens is 8. The maximum atomic E-state index is 15.0. The van der Waals surface area contributed by atoms with E-state index in [0.717, 1.165) is 23.3 Å². The summed E-state index contributed by atoms with van der Waals surface area (Å²) < 4.78 is 405. The summed E-state index contributed by atoms with van der Waals surface area (Å²) >= 11 is 0.188. The molecular weight excluding hydrogens is 1280 g/mol. The number of benzene rings is 6. The van der Waals surface area contributed by atoms with Crippen molar-refractivity contribution in [3.63, 3.8) is 0 Å². The van der Waals surface area contributed by atoms with Crippen LogP contribution < -0.4 is 11.1 Å². The van der Waals surface area contributed by atoms with Crippen molar-refractivity contribution in [3.05, 3.63) is 232 Å². The topological polar surface area (TPSA) is 117 Å². The van der Waals surface area contributed by atoms with Gasteiger partial charge in [0.05, 0.1) is 46.8 Å². The van der Waals surface area contributed by atoms with Gasteiger partial charge in [0, 0.05) is 84.2 Å². The Labute approximate surface area is 611 Å². The number of thioether (sulfide) groups is 2. The standard InChI is InChI=1S/2C37H40F4N4O2S/c2*1-4-43(5-2)19-20-44(22-26-9-13-28(14-10-26)29-15-18-32(25(3)21-29)37(39,40)41)34(46)23-45-33-8-6-7-31(33)35(47)42-36(45)48-24-27-11-16-30(38)17-12-27/h2*9-18,21H,4-8,19-20,22-24H2,1-3H3/i6D2,7D2,8D2,9D,10D,11D,12D,13D,14D,15D,16D,17D,18D,21D,23D2,24D2;9D,10D,11D,12D,13D,14D,15D,16D,17D,18D,21D,23D2. The second-order valence-electron chi connectivity index (χ2n) is 20.9. The van der Waals surface area contributed by atoms with Gasteiger partial charge >= 0.3 is 12.4 Å². The van der Waals surface area contributed by atoms with Crippen molar-refractivity contribution in [3.8, 4) is 22.3 Å². The molecule has 10 rings (SSSR count). The molecule has 0 bridgehead atoms. The molecule has 2 aliphatic rings. The number of rotatable bonds is 26. The fourth-order valence-corrected chi connectivity index (χ4v) is 11.0. The van der Waals surface area contributed by atoms with Gasteiger partial charge in [0.2, 0.25) is 11.8 Å². The highest BCUT2D eigenvalue weighted by atomic mass is 32.2. The molecule has 2 heterocycles. The van der Waals surface area contributed by atoms with E-state index in [9.17, 15) is 55.0 Å². The van der Waals surface area contributed by atoms with E-state index in [2.05, 4.69) is 9.97 Å². The molecule has 0 unspecified atom stereocenters. The molecule has 12 nitrogen and oxygen atoms in total. The number of likely N-dealkylation sites (N-methyl/N-ethyl adjacent to an activating group) is 2. The Bertz CT molecular complexity index is 5900. The quantitative estimate of drug-likeness (QED) is 0.0295. The molecule has 2 aromatic heterocycles. The summed E-state index contributed by atoms with van der Waals surface area (Å²) in [6.07, 6.45) is -20.8. The van der Waals surface area contributed by atoms with Gasteiger partial charge in [0.1, 0.15) is 24.6 Å². The number of hydrogen-bond donors (Lipinski definition) is 0. The van der Waals surface area contributed by atoms with E-state index >= 15 is 4.79 Å². The predicted octanol–water partition coefficient (Wildman–Crippen LogP) is 15.1. The van der Waals surface area contributed by atoms with Crippen LogP contribution in [0.4, 0.5) is 35.1 Å². The lowest BCUT2D eigenvalue weighted by molar-refractivity contribution is -0.138. The first-order chi connectivity index (χ1) is 59.7. The summed E-state index contributed by atoms with van der Waals surface area (Å²) in [7, 11) is 0. The van der Waals surface area contributed by atoms with E-state index in [1.54, 1.807) is 18.7 Å². The van der Waals surface area contributed by atoms with Crippen molar-refractivity contribution in [2.75, 3.05) is 52.4 Å². The Hall–Kier alpha value is -7.92. The third-order valence-corrected chi connectivity index (χ3v) is 16.4. The van der Waals surface area contributed by atoms with Crippen molar-refractivity contribution in [1.29, 1.82) is 0 Å². The number of carbonyl (C=O) groups is 2. The van der Waals surface area contributed by atoms with Gasteiger partial charge in [-0.3, -0.25) is 19.2 Å². The van der Waals surface area contributed by atoms with Crippen LogP contribution in [-0.2, 0) is 85.1 Å². The Balaban J connectivity index is 0.000000295. The van der Waals surface area contributed by atoms with E-state index in [1.165, 1.54) is 0 Å². The summed E-state index contributed by atoms with van der Waals surface area (Å²) in [5.41, 5.74) is -19.3. The molecule has 0 spiro atoms. The summed E-state index contributed by atoms with van der Waals surface area (Å²) in [6, 6.07) is -23.3. The monoisotopic (exact) mass is 1390 g/mol. The molecular formula is C74H80F8N8O4S2. The third kappa shape index (κ3) is 18.8. The SMILES string of the molecule is [2H]c1c([2H])c(C([2H])([2H])Sc2nc(=O)c3c(n2C([2H])([2H])C(=O)N(CCN(CC)CC)Cc2c([2H])c([2H])c(-c4c([2H])c([2H])c(C(F)(F)F)c(C)c4[2H])c([2H])c2[2H])C([2H])([2H])C([2H])([2H])C3([2H])[2H])c([2H])c([2H])c1F.[2H]c1c([2H])c(CSc2nc(=O)c3c(n2C([2H])([2H])C(=O)N(CCN(CC)CC)Cc2c([2H])c([2H])c(-c4c([2H])c([2H])c(C(F)(F)F)c(C)c4[2H])c([2H])c2[2H])CCC3)c([2H])c([2H])c1F. The van der Waals surface area contributed by atoms with Crippen LogP contribution in [0.15, 0.2) is 153 Å². The Kier molecular flexibility index (Phi) is 13.5. The van der Waals surface area contributed by atoms with Gasteiger partial charge in [0.15, 0.2) is 10.3 Å². The fraction of sp³-hybridized carbons (Fsp3) is 0.378. The van der Waals surface area contributed by atoms with Crippen molar-refractivity contribution in [1.82, 2.24) is 38.7 Å². The van der Waals surface area contributed by atoms with Crippen molar-refractivity contribution >= 4 is 35.3 Å². The molecule has 0 radical (unpaired) electrons. The van der Waals surface area contributed by atoms with Crippen LogP contribution in [0.2, 0.25) is 0 Å². The lowest BCUT2D eigenvalue weighted by Gasteiger charge is -2.28.